The van der Waals surface area contributed by atoms with Crippen molar-refractivity contribution in [3.05, 3.63) is 48.3 Å². The minimum absolute atomic E-state index is 0.0164. The lowest BCUT2D eigenvalue weighted by Crippen LogP contribution is -2.47. The van der Waals surface area contributed by atoms with Crippen molar-refractivity contribution in [2.24, 2.45) is 11.8 Å². The third-order valence-corrected chi connectivity index (χ3v) is 6.54. The average molecular weight is 587 g/mol. The fourth-order valence-electron chi connectivity index (χ4n) is 4.33. The molecule has 4 atom stereocenters. The normalized spacial score (nSPS) is 21.0. The fourth-order valence-corrected chi connectivity index (χ4v) is 4.33. The predicted molar refractivity (Wildman–Crippen MR) is 153 cm³/mol. The molecule has 0 spiro atoms. The van der Waals surface area contributed by atoms with Crippen molar-refractivity contribution in [2.45, 2.75) is 78.2 Å². The highest BCUT2D eigenvalue weighted by Crippen LogP contribution is 2.30. The van der Waals surface area contributed by atoms with Crippen LogP contribution in [-0.4, -0.2) is 67.7 Å². The van der Waals surface area contributed by atoms with Gasteiger partial charge in [0.25, 0.3) is 5.91 Å². The third kappa shape index (κ3) is 9.34. The van der Waals surface area contributed by atoms with E-state index in [2.05, 4.69) is 24.1 Å². The number of hydrogen-bond acceptors (Lipinski definition) is 10. The van der Waals surface area contributed by atoms with Gasteiger partial charge in [0.2, 0.25) is 6.79 Å². The molecule has 11 heteroatoms. The molecule has 42 heavy (non-hydrogen) atoms. The highest BCUT2D eigenvalue weighted by molar-refractivity contribution is 5.98. The summed E-state index contributed by atoms with van der Waals surface area (Å²) in [6.45, 7) is 9.36. The Morgan fingerprint density at radius 1 is 1.10 bits per heavy atom. The Morgan fingerprint density at radius 3 is 2.50 bits per heavy atom. The van der Waals surface area contributed by atoms with Crippen LogP contribution in [0.1, 0.15) is 64.4 Å². The standard InChI is InChI=1S/C31H42N2O9/c1-19(2)17-38-25-14-10-13-23(31(36)41-21(5)27(25)42-22-11-8-7-9-12-22)33-29(34)26-28(24(37-6)15-16-32-26)39-18-40-30(35)20(3)4/h7-9,11-12,15-16,19-21,23,25,27H,10,13-14,17-18H2,1-6H3,(H,33,34). The van der Waals surface area contributed by atoms with Gasteiger partial charge < -0.3 is 33.7 Å². The number of rotatable bonds is 12. The molecule has 1 aromatic heterocycles. The second kappa shape index (κ2) is 16.0. The second-order valence-corrected chi connectivity index (χ2v) is 10.8. The first-order valence-electron chi connectivity index (χ1n) is 14.3. The van der Waals surface area contributed by atoms with Gasteiger partial charge in [0.05, 0.1) is 19.1 Å². The maximum Gasteiger partial charge on any atom is 0.329 e. The zero-order valence-electron chi connectivity index (χ0n) is 25.2. The van der Waals surface area contributed by atoms with Crippen molar-refractivity contribution < 1.29 is 42.8 Å². The van der Waals surface area contributed by atoms with E-state index in [1.807, 2.05) is 30.3 Å². The number of pyridine rings is 1. The monoisotopic (exact) mass is 586 g/mol. The van der Waals surface area contributed by atoms with Crippen LogP contribution in [0.2, 0.25) is 0 Å². The summed E-state index contributed by atoms with van der Waals surface area (Å²) in [5.41, 5.74) is -0.126. The molecule has 0 bridgehead atoms. The number of hydrogen-bond donors (Lipinski definition) is 1. The molecule has 4 unspecified atom stereocenters. The van der Waals surface area contributed by atoms with Crippen LogP contribution in [-0.2, 0) is 23.8 Å². The zero-order chi connectivity index (χ0) is 30.6. The van der Waals surface area contributed by atoms with Gasteiger partial charge in [0.15, 0.2) is 23.3 Å². The largest absolute Gasteiger partial charge is 0.493 e. The van der Waals surface area contributed by atoms with Gasteiger partial charge in [0, 0.05) is 18.9 Å². The van der Waals surface area contributed by atoms with Gasteiger partial charge in [-0.2, -0.15) is 0 Å². The van der Waals surface area contributed by atoms with Crippen LogP contribution in [0.4, 0.5) is 0 Å². The number of aromatic nitrogens is 1. The lowest BCUT2D eigenvalue weighted by Gasteiger charge is -2.32. The fraction of sp³-hybridized carbons (Fsp3) is 0.548. The summed E-state index contributed by atoms with van der Waals surface area (Å²) in [6, 6.07) is 9.87. The molecule has 1 fully saturated rings. The quantitative estimate of drug-likeness (QED) is 0.283. The van der Waals surface area contributed by atoms with Crippen molar-refractivity contribution in [1.29, 1.82) is 0 Å². The van der Waals surface area contributed by atoms with Crippen LogP contribution in [0.5, 0.6) is 17.2 Å². The molecule has 11 nitrogen and oxygen atoms in total. The van der Waals surface area contributed by atoms with E-state index in [-0.39, 0.29) is 29.2 Å². The van der Waals surface area contributed by atoms with E-state index in [0.29, 0.717) is 37.5 Å². The molecular formula is C31H42N2O9. The summed E-state index contributed by atoms with van der Waals surface area (Å²) in [4.78, 5) is 42.7. The van der Waals surface area contributed by atoms with Crippen LogP contribution in [0, 0.1) is 11.8 Å². The average Bonchev–Trinajstić information content (AvgIpc) is 3.01. The number of ether oxygens (including phenoxy) is 6. The van der Waals surface area contributed by atoms with Gasteiger partial charge >= 0.3 is 11.9 Å². The van der Waals surface area contributed by atoms with E-state index < -0.39 is 42.9 Å². The zero-order valence-corrected chi connectivity index (χ0v) is 25.2. The van der Waals surface area contributed by atoms with Crippen molar-refractivity contribution in [2.75, 3.05) is 20.5 Å². The predicted octanol–water partition coefficient (Wildman–Crippen LogP) is 4.33. The molecule has 2 heterocycles. The van der Waals surface area contributed by atoms with Crippen molar-refractivity contribution in [1.82, 2.24) is 10.3 Å². The molecule has 1 aliphatic heterocycles. The van der Waals surface area contributed by atoms with E-state index >= 15 is 0 Å². The minimum atomic E-state index is -0.958. The Morgan fingerprint density at radius 2 is 1.83 bits per heavy atom. The van der Waals surface area contributed by atoms with E-state index in [0.717, 1.165) is 0 Å². The lowest BCUT2D eigenvalue weighted by molar-refractivity contribution is -0.159. The second-order valence-electron chi connectivity index (χ2n) is 10.8. The number of esters is 2. The van der Waals surface area contributed by atoms with Gasteiger partial charge in [0.1, 0.15) is 17.9 Å². The van der Waals surface area contributed by atoms with Crippen molar-refractivity contribution in [3.63, 3.8) is 0 Å². The maximum absolute atomic E-state index is 13.4. The van der Waals surface area contributed by atoms with Gasteiger partial charge in [-0.1, -0.05) is 45.9 Å². The third-order valence-electron chi connectivity index (χ3n) is 6.54. The molecule has 1 saturated heterocycles. The first-order chi connectivity index (χ1) is 20.1. The summed E-state index contributed by atoms with van der Waals surface area (Å²) in [6.07, 6.45) is 1.28. The number of benzene rings is 1. The Kier molecular flexibility index (Phi) is 12.4. The number of nitrogens with zero attached hydrogens (tertiary/aromatic N) is 1. The molecule has 0 aliphatic carbocycles. The van der Waals surface area contributed by atoms with Crippen LogP contribution in [0.25, 0.3) is 0 Å². The van der Waals surface area contributed by atoms with Gasteiger partial charge in [-0.15, -0.1) is 0 Å². The topological polar surface area (TPSA) is 132 Å². The summed E-state index contributed by atoms with van der Waals surface area (Å²) in [5, 5.41) is 2.74. The number of para-hydroxylation sites is 1. The van der Waals surface area contributed by atoms with Crippen LogP contribution in [0.3, 0.4) is 0 Å². The molecule has 230 valence electrons. The molecule has 2 aromatic rings. The molecule has 1 amide bonds. The van der Waals surface area contributed by atoms with Crippen LogP contribution in [0.15, 0.2) is 42.6 Å². The highest BCUT2D eigenvalue weighted by Gasteiger charge is 2.37. The number of carbonyl (C=O) groups excluding carboxylic acids is 3. The Bertz CT molecular complexity index is 1170. The van der Waals surface area contributed by atoms with Gasteiger partial charge in [-0.3, -0.25) is 9.59 Å². The highest BCUT2D eigenvalue weighted by atomic mass is 16.7. The van der Waals surface area contributed by atoms with Gasteiger partial charge in [-0.05, 0) is 44.2 Å². The maximum atomic E-state index is 13.4. The Labute approximate surface area is 247 Å². The van der Waals surface area contributed by atoms with E-state index in [1.165, 1.54) is 19.4 Å². The molecule has 0 radical (unpaired) electrons. The van der Waals surface area contributed by atoms with E-state index in [4.69, 9.17) is 28.4 Å². The minimum Gasteiger partial charge on any atom is -0.493 e. The molecule has 0 saturated carbocycles. The lowest BCUT2D eigenvalue weighted by atomic mass is 10.0. The number of methoxy groups -OCH3 is 1. The Balaban J connectivity index is 1.77. The first-order valence-corrected chi connectivity index (χ1v) is 14.3. The summed E-state index contributed by atoms with van der Waals surface area (Å²) < 4.78 is 34.4. The number of carbonyl (C=O) groups is 3. The number of nitrogens with one attached hydrogen (secondary N) is 1. The van der Waals surface area contributed by atoms with E-state index in [1.54, 1.807) is 20.8 Å². The molecule has 1 aromatic carbocycles. The Hall–Kier alpha value is -3.86. The summed E-state index contributed by atoms with van der Waals surface area (Å²) in [5.74, 6) is -0.932. The number of amides is 1. The molecular weight excluding hydrogens is 544 g/mol. The van der Waals surface area contributed by atoms with Crippen LogP contribution < -0.4 is 19.5 Å². The SMILES string of the molecule is COc1ccnc(C(=O)NC2CCCC(OCC(C)C)C(Oc3ccccc3)C(C)OC2=O)c1OCOC(=O)C(C)C. The molecule has 1 N–H and O–H groups in total. The van der Waals surface area contributed by atoms with Gasteiger partial charge in [-0.25, -0.2) is 9.78 Å². The first kappa shape index (κ1) is 32.7. The molecule has 3 rings (SSSR count). The number of cyclic esters (lactones) is 1. The van der Waals surface area contributed by atoms with Crippen molar-refractivity contribution in [3.8, 4) is 17.2 Å². The van der Waals surface area contributed by atoms with Crippen LogP contribution >= 0.6 is 0 Å². The van der Waals surface area contributed by atoms with Crippen molar-refractivity contribution >= 4 is 17.8 Å². The van der Waals surface area contributed by atoms with E-state index in [9.17, 15) is 14.4 Å². The summed E-state index contributed by atoms with van der Waals surface area (Å²) >= 11 is 0. The summed E-state index contributed by atoms with van der Waals surface area (Å²) in [7, 11) is 1.41. The smallest absolute Gasteiger partial charge is 0.329 e. The molecule has 1 aliphatic rings.